The summed E-state index contributed by atoms with van der Waals surface area (Å²) in [5, 5.41) is 10.0. The van der Waals surface area contributed by atoms with Crippen LogP contribution in [0.5, 0.6) is 5.75 Å². The lowest BCUT2D eigenvalue weighted by Crippen LogP contribution is -2.28. The molecule has 4 rings (SSSR count). The molecular weight excluding hydrogens is 374 g/mol. The van der Waals surface area contributed by atoms with E-state index in [2.05, 4.69) is 15.6 Å². The summed E-state index contributed by atoms with van der Waals surface area (Å²) in [6.45, 7) is 1.03. The molecule has 0 aliphatic carbocycles. The average molecular weight is 393 g/mol. The van der Waals surface area contributed by atoms with Gasteiger partial charge in [-0.15, -0.1) is 0 Å². The zero-order chi connectivity index (χ0) is 19.3. The van der Waals surface area contributed by atoms with E-state index in [9.17, 15) is 4.79 Å². The molecule has 0 bridgehead atoms. The van der Waals surface area contributed by atoms with E-state index in [0.717, 1.165) is 28.5 Å². The number of hydrogen-bond acceptors (Lipinski definition) is 6. The van der Waals surface area contributed by atoms with Gasteiger partial charge >= 0.3 is 0 Å². The Morgan fingerprint density at radius 2 is 2.14 bits per heavy atom. The number of thiophene rings is 1. The van der Waals surface area contributed by atoms with E-state index in [0.29, 0.717) is 18.7 Å². The number of amides is 1. The van der Waals surface area contributed by atoms with Gasteiger partial charge in [-0.25, -0.2) is 4.98 Å². The minimum atomic E-state index is -0.0738. The fourth-order valence-corrected chi connectivity index (χ4v) is 3.59. The molecule has 2 N–H and O–H groups in total. The van der Waals surface area contributed by atoms with Crippen LogP contribution in [0.15, 0.2) is 59.7 Å². The average Bonchev–Trinajstić information content (AvgIpc) is 3.39. The Labute approximate surface area is 166 Å². The maximum atomic E-state index is 12.1. The molecule has 0 atom stereocenters. The molecule has 0 spiro atoms. The van der Waals surface area contributed by atoms with Crippen molar-refractivity contribution >= 4 is 28.7 Å². The molecule has 3 heterocycles. The number of hydrogen-bond donors (Lipinski definition) is 2. The van der Waals surface area contributed by atoms with Gasteiger partial charge in [0.1, 0.15) is 17.3 Å². The van der Waals surface area contributed by atoms with E-state index in [4.69, 9.17) is 9.72 Å². The maximum absolute atomic E-state index is 12.1. The van der Waals surface area contributed by atoms with Gasteiger partial charge in [0.15, 0.2) is 5.65 Å². The van der Waals surface area contributed by atoms with E-state index in [1.165, 1.54) is 11.3 Å². The highest BCUT2D eigenvalue weighted by molar-refractivity contribution is 7.08. The van der Waals surface area contributed by atoms with Gasteiger partial charge in [-0.3, -0.25) is 14.2 Å². The molecule has 3 aromatic heterocycles. The third-order valence-electron chi connectivity index (χ3n) is 4.28. The predicted molar refractivity (Wildman–Crippen MR) is 110 cm³/mol. The van der Waals surface area contributed by atoms with Gasteiger partial charge in [-0.1, -0.05) is 12.1 Å². The molecule has 7 nitrogen and oxygen atoms in total. The monoisotopic (exact) mass is 393 g/mol. The summed E-state index contributed by atoms with van der Waals surface area (Å²) in [6.07, 6.45) is 5.28. The number of fused-ring (bicyclic) bond motifs is 1. The van der Waals surface area contributed by atoms with Crippen molar-refractivity contribution in [3.8, 4) is 17.0 Å². The standard InChI is InChI=1S/C20H19N5O2S/c1-27-16-5-3-2-4-15(16)18-19(25-10-9-21-12-17(25)24-18)22-7-8-23-20(26)14-6-11-28-13-14/h2-6,9-13,22H,7-8H2,1H3,(H,23,26). The van der Waals surface area contributed by atoms with Crippen LogP contribution in [-0.4, -0.2) is 40.5 Å². The van der Waals surface area contributed by atoms with E-state index < -0.39 is 0 Å². The molecule has 1 amide bonds. The van der Waals surface area contributed by atoms with Crippen molar-refractivity contribution in [3.63, 3.8) is 0 Å². The van der Waals surface area contributed by atoms with Gasteiger partial charge in [0, 0.05) is 42.0 Å². The number of benzene rings is 1. The summed E-state index contributed by atoms with van der Waals surface area (Å²) in [5.41, 5.74) is 3.07. The van der Waals surface area contributed by atoms with Gasteiger partial charge in [-0.05, 0) is 23.6 Å². The van der Waals surface area contributed by atoms with Crippen LogP contribution in [0.1, 0.15) is 10.4 Å². The Kier molecular flexibility index (Phi) is 5.20. The molecule has 0 fully saturated rings. The predicted octanol–water partition coefficient (Wildman–Crippen LogP) is 3.31. The fourth-order valence-electron chi connectivity index (χ4n) is 2.96. The van der Waals surface area contributed by atoms with Crippen molar-refractivity contribution in [3.05, 3.63) is 65.2 Å². The fraction of sp³-hybridized carbons (Fsp3) is 0.150. The number of nitrogens with one attached hydrogen (secondary N) is 2. The van der Waals surface area contributed by atoms with Crippen LogP contribution in [0.25, 0.3) is 16.9 Å². The normalized spacial score (nSPS) is 10.8. The number of methoxy groups -OCH3 is 1. The quantitative estimate of drug-likeness (QED) is 0.471. The third kappa shape index (κ3) is 3.54. The van der Waals surface area contributed by atoms with Crippen LogP contribution in [0.2, 0.25) is 0 Å². The number of aromatic nitrogens is 3. The van der Waals surface area contributed by atoms with E-state index in [-0.39, 0.29) is 5.91 Å². The lowest BCUT2D eigenvalue weighted by molar-refractivity contribution is 0.0955. The highest BCUT2D eigenvalue weighted by Gasteiger charge is 2.17. The molecule has 4 aromatic rings. The van der Waals surface area contributed by atoms with Crippen molar-refractivity contribution in [2.75, 3.05) is 25.5 Å². The molecular formula is C20H19N5O2S. The number of imidazole rings is 1. The summed E-state index contributed by atoms with van der Waals surface area (Å²) in [4.78, 5) is 20.9. The molecule has 0 saturated carbocycles. The minimum Gasteiger partial charge on any atom is -0.496 e. The summed E-state index contributed by atoms with van der Waals surface area (Å²) in [5.74, 6) is 1.50. The first-order chi connectivity index (χ1) is 13.8. The molecule has 28 heavy (non-hydrogen) atoms. The Bertz CT molecular complexity index is 1090. The van der Waals surface area contributed by atoms with Crippen molar-refractivity contribution in [1.82, 2.24) is 19.7 Å². The van der Waals surface area contributed by atoms with Crippen LogP contribution in [0.4, 0.5) is 5.82 Å². The number of anilines is 1. The smallest absolute Gasteiger partial charge is 0.252 e. The number of carbonyl (C=O) groups excluding carboxylic acids is 1. The van der Waals surface area contributed by atoms with Gasteiger partial charge in [0.25, 0.3) is 5.91 Å². The highest BCUT2D eigenvalue weighted by Crippen LogP contribution is 2.34. The second-order valence-electron chi connectivity index (χ2n) is 6.01. The van der Waals surface area contributed by atoms with Crippen molar-refractivity contribution < 1.29 is 9.53 Å². The number of para-hydroxylation sites is 1. The zero-order valence-corrected chi connectivity index (χ0v) is 16.1. The molecule has 0 unspecified atom stereocenters. The van der Waals surface area contributed by atoms with E-state index in [1.54, 1.807) is 19.5 Å². The van der Waals surface area contributed by atoms with Gasteiger partial charge in [-0.2, -0.15) is 11.3 Å². The molecule has 0 saturated heterocycles. The number of rotatable bonds is 7. The zero-order valence-electron chi connectivity index (χ0n) is 15.3. The molecule has 142 valence electrons. The van der Waals surface area contributed by atoms with E-state index in [1.807, 2.05) is 51.7 Å². The van der Waals surface area contributed by atoms with Crippen LogP contribution in [0.3, 0.4) is 0 Å². The third-order valence-corrected chi connectivity index (χ3v) is 4.96. The van der Waals surface area contributed by atoms with Crippen LogP contribution in [0, 0.1) is 0 Å². The topological polar surface area (TPSA) is 80.6 Å². The molecule has 0 aliphatic rings. The van der Waals surface area contributed by atoms with Crippen molar-refractivity contribution in [2.24, 2.45) is 0 Å². The summed E-state index contributed by atoms with van der Waals surface area (Å²) < 4.78 is 7.44. The lowest BCUT2D eigenvalue weighted by Gasteiger charge is -2.11. The Morgan fingerprint density at radius 1 is 1.25 bits per heavy atom. The van der Waals surface area contributed by atoms with Crippen molar-refractivity contribution in [2.45, 2.75) is 0 Å². The van der Waals surface area contributed by atoms with E-state index >= 15 is 0 Å². The first-order valence-electron chi connectivity index (χ1n) is 8.77. The maximum Gasteiger partial charge on any atom is 0.252 e. The number of carbonyl (C=O) groups is 1. The minimum absolute atomic E-state index is 0.0738. The first kappa shape index (κ1) is 18.0. The lowest BCUT2D eigenvalue weighted by atomic mass is 10.1. The Hall–Kier alpha value is -3.39. The summed E-state index contributed by atoms with van der Waals surface area (Å²) in [6, 6.07) is 9.56. The van der Waals surface area contributed by atoms with Crippen LogP contribution >= 0.6 is 11.3 Å². The Morgan fingerprint density at radius 3 is 2.96 bits per heavy atom. The molecule has 1 aromatic carbocycles. The Balaban J connectivity index is 1.56. The van der Waals surface area contributed by atoms with Gasteiger partial charge in [0.05, 0.1) is 13.3 Å². The van der Waals surface area contributed by atoms with Gasteiger partial charge < -0.3 is 15.4 Å². The van der Waals surface area contributed by atoms with Crippen LogP contribution in [-0.2, 0) is 0 Å². The first-order valence-corrected chi connectivity index (χ1v) is 9.72. The second kappa shape index (κ2) is 8.10. The van der Waals surface area contributed by atoms with Crippen LogP contribution < -0.4 is 15.4 Å². The SMILES string of the molecule is COc1ccccc1-c1nc2cnccn2c1NCCNC(=O)c1ccsc1. The van der Waals surface area contributed by atoms with Crippen molar-refractivity contribution in [1.29, 1.82) is 0 Å². The second-order valence-corrected chi connectivity index (χ2v) is 6.79. The molecule has 0 aliphatic heterocycles. The van der Waals surface area contributed by atoms with Gasteiger partial charge in [0.2, 0.25) is 0 Å². The largest absolute Gasteiger partial charge is 0.496 e. The molecule has 0 radical (unpaired) electrons. The summed E-state index contributed by atoms with van der Waals surface area (Å²) >= 11 is 1.50. The molecule has 8 heteroatoms. The number of nitrogens with zero attached hydrogens (tertiary/aromatic N) is 3. The summed E-state index contributed by atoms with van der Waals surface area (Å²) in [7, 11) is 1.64. The highest BCUT2D eigenvalue weighted by atomic mass is 32.1. The number of ether oxygens (including phenoxy) is 1.